The molecule has 1 aromatic carbocycles. The smallest absolute Gasteiger partial charge is 0.116 e. The van der Waals surface area contributed by atoms with E-state index < -0.39 is 0 Å². The van der Waals surface area contributed by atoms with Crippen molar-refractivity contribution in [1.82, 2.24) is 9.78 Å². The van der Waals surface area contributed by atoms with Gasteiger partial charge in [-0.1, -0.05) is 20.8 Å². The lowest BCUT2D eigenvalue weighted by atomic mass is 9.90. The quantitative estimate of drug-likeness (QED) is 0.716. The summed E-state index contributed by atoms with van der Waals surface area (Å²) < 4.78 is 1.86. The van der Waals surface area contributed by atoms with Crippen molar-refractivity contribution in [2.45, 2.75) is 26.2 Å². The maximum Gasteiger partial charge on any atom is 0.116 e. The third-order valence-electron chi connectivity index (χ3n) is 2.54. The molecule has 2 rings (SSSR count). The van der Waals surface area contributed by atoms with Gasteiger partial charge in [0.1, 0.15) is 5.75 Å². The standard InChI is InChI=1S/C12H16N2O/c1-12(2,3)11-9-7-8(15)5-6-10(9)14(4)13-11/h5-7,15H,1-4H3. The van der Waals surface area contributed by atoms with E-state index in [0.29, 0.717) is 5.75 Å². The molecular weight excluding hydrogens is 188 g/mol. The van der Waals surface area contributed by atoms with Crippen LogP contribution < -0.4 is 0 Å². The Labute approximate surface area is 89.3 Å². The summed E-state index contributed by atoms with van der Waals surface area (Å²) in [4.78, 5) is 0. The molecule has 0 aliphatic heterocycles. The first-order chi connectivity index (χ1) is 6.89. The molecule has 3 nitrogen and oxygen atoms in total. The predicted octanol–water partition coefficient (Wildman–Crippen LogP) is 2.58. The van der Waals surface area contributed by atoms with Gasteiger partial charge in [0.05, 0.1) is 11.2 Å². The zero-order valence-electron chi connectivity index (χ0n) is 9.57. The number of aryl methyl sites for hydroxylation is 1. The number of hydrogen-bond acceptors (Lipinski definition) is 2. The highest BCUT2D eigenvalue weighted by atomic mass is 16.3. The normalized spacial score (nSPS) is 12.3. The minimum Gasteiger partial charge on any atom is -0.508 e. The second-order valence-electron chi connectivity index (χ2n) is 4.92. The largest absolute Gasteiger partial charge is 0.508 e. The second-order valence-corrected chi connectivity index (χ2v) is 4.92. The predicted molar refractivity (Wildman–Crippen MR) is 61.1 cm³/mol. The molecule has 0 unspecified atom stereocenters. The van der Waals surface area contributed by atoms with Crippen molar-refractivity contribution in [3.05, 3.63) is 23.9 Å². The van der Waals surface area contributed by atoms with Crippen LogP contribution in [0.15, 0.2) is 18.2 Å². The summed E-state index contributed by atoms with van der Waals surface area (Å²) in [6.45, 7) is 6.37. The number of nitrogens with zero attached hydrogens (tertiary/aromatic N) is 2. The fourth-order valence-electron chi connectivity index (χ4n) is 1.81. The molecule has 1 N–H and O–H groups in total. The van der Waals surface area contributed by atoms with Gasteiger partial charge in [0.25, 0.3) is 0 Å². The van der Waals surface area contributed by atoms with E-state index in [0.717, 1.165) is 16.6 Å². The Kier molecular flexibility index (Phi) is 2.00. The average molecular weight is 204 g/mol. The van der Waals surface area contributed by atoms with Crippen LogP contribution in [0.1, 0.15) is 26.5 Å². The molecule has 0 saturated heterocycles. The molecule has 0 fully saturated rings. The van der Waals surface area contributed by atoms with Crippen LogP contribution in [-0.4, -0.2) is 14.9 Å². The number of phenols is 1. The first kappa shape index (κ1) is 10.0. The fourth-order valence-corrected chi connectivity index (χ4v) is 1.81. The molecular formula is C12H16N2O. The van der Waals surface area contributed by atoms with E-state index in [4.69, 9.17) is 0 Å². The van der Waals surface area contributed by atoms with Crippen LogP contribution in [0, 0.1) is 0 Å². The van der Waals surface area contributed by atoms with Crippen molar-refractivity contribution in [3.63, 3.8) is 0 Å². The molecule has 1 heterocycles. The Morgan fingerprint density at radius 3 is 2.53 bits per heavy atom. The number of aromatic hydroxyl groups is 1. The molecule has 80 valence electrons. The number of hydrogen-bond donors (Lipinski definition) is 1. The number of aromatic nitrogens is 2. The molecule has 15 heavy (non-hydrogen) atoms. The van der Waals surface area contributed by atoms with Gasteiger partial charge in [-0.2, -0.15) is 5.10 Å². The monoisotopic (exact) mass is 204 g/mol. The van der Waals surface area contributed by atoms with Crippen LogP contribution in [0.5, 0.6) is 5.75 Å². The third kappa shape index (κ3) is 1.58. The van der Waals surface area contributed by atoms with Crippen molar-refractivity contribution in [2.75, 3.05) is 0 Å². The maximum atomic E-state index is 9.49. The minimum atomic E-state index is -0.00664. The van der Waals surface area contributed by atoms with Crippen molar-refractivity contribution < 1.29 is 5.11 Å². The first-order valence-corrected chi connectivity index (χ1v) is 5.06. The summed E-state index contributed by atoms with van der Waals surface area (Å²) in [7, 11) is 1.93. The van der Waals surface area contributed by atoms with Crippen LogP contribution >= 0.6 is 0 Å². The van der Waals surface area contributed by atoms with Crippen LogP contribution in [-0.2, 0) is 12.5 Å². The van der Waals surface area contributed by atoms with E-state index >= 15 is 0 Å². The number of phenolic OH excluding ortho intramolecular Hbond substituents is 1. The molecule has 0 amide bonds. The lowest BCUT2D eigenvalue weighted by Crippen LogP contribution is -2.12. The molecule has 0 spiro atoms. The summed E-state index contributed by atoms with van der Waals surface area (Å²) in [6.07, 6.45) is 0. The van der Waals surface area contributed by atoms with Gasteiger partial charge in [-0.3, -0.25) is 4.68 Å². The Balaban J connectivity index is 2.81. The molecule has 0 bridgehead atoms. The van der Waals surface area contributed by atoms with Crippen molar-refractivity contribution >= 4 is 10.9 Å². The van der Waals surface area contributed by atoms with Gasteiger partial charge in [0.2, 0.25) is 0 Å². The molecule has 1 aromatic heterocycles. The lowest BCUT2D eigenvalue weighted by molar-refractivity contribution is 0.476. The SMILES string of the molecule is Cn1nc(C(C)(C)C)c2cc(O)ccc21. The van der Waals surface area contributed by atoms with E-state index in [2.05, 4.69) is 25.9 Å². The zero-order chi connectivity index (χ0) is 11.2. The number of benzene rings is 1. The first-order valence-electron chi connectivity index (χ1n) is 5.06. The number of fused-ring (bicyclic) bond motifs is 1. The molecule has 0 aliphatic carbocycles. The molecule has 3 heteroatoms. The maximum absolute atomic E-state index is 9.49. The van der Waals surface area contributed by atoms with Crippen LogP contribution in [0.4, 0.5) is 0 Å². The Hall–Kier alpha value is -1.51. The van der Waals surface area contributed by atoms with Gasteiger partial charge >= 0.3 is 0 Å². The van der Waals surface area contributed by atoms with Crippen molar-refractivity contribution in [1.29, 1.82) is 0 Å². The highest BCUT2D eigenvalue weighted by Gasteiger charge is 2.21. The van der Waals surface area contributed by atoms with E-state index in [-0.39, 0.29) is 5.41 Å². The van der Waals surface area contributed by atoms with Crippen LogP contribution in [0.25, 0.3) is 10.9 Å². The van der Waals surface area contributed by atoms with Gasteiger partial charge in [-0.15, -0.1) is 0 Å². The molecule has 0 saturated carbocycles. The van der Waals surface area contributed by atoms with Crippen molar-refractivity contribution in [2.24, 2.45) is 7.05 Å². The Bertz CT molecular complexity index is 506. The Morgan fingerprint density at radius 2 is 1.93 bits per heavy atom. The van der Waals surface area contributed by atoms with Gasteiger partial charge < -0.3 is 5.11 Å². The topological polar surface area (TPSA) is 38.0 Å². The fraction of sp³-hybridized carbons (Fsp3) is 0.417. The summed E-state index contributed by atoms with van der Waals surface area (Å²) in [6, 6.07) is 5.37. The molecule has 0 radical (unpaired) electrons. The highest BCUT2D eigenvalue weighted by molar-refractivity contribution is 5.84. The second kappa shape index (κ2) is 2.99. The van der Waals surface area contributed by atoms with Gasteiger partial charge in [0, 0.05) is 17.8 Å². The zero-order valence-corrected chi connectivity index (χ0v) is 9.57. The molecule has 2 aromatic rings. The number of rotatable bonds is 0. The summed E-state index contributed by atoms with van der Waals surface area (Å²) in [5.41, 5.74) is 2.07. The van der Waals surface area contributed by atoms with Gasteiger partial charge in [-0.05, 0) is 18.2 Å². The molecule has 0 atom stereocenters. The highest BCUT2D eigenvalue weighted by Crippen LogP contribution is 2.30. The van der Waals surface area contributed by atoms with E-state index in [1.807, 2.05) is 17.8 Å². The van der Waals surface area contributed by atoms with Gasteiger partial charge in [0.15, 0.2) is 0 Å². The lowest BCUT2D eigenvalue weighted by Gasteiger charge is -2.15. The summed E-state index contributed by atoms with van der Waals surface area (Å²) in [5.74, 6) is 0.293. The van der Waals surface area contributed by atoms with E-state index in [9.17, 15) is 5.11 Å². The third-order valence-corrected chi connectivity index (χ3v) is 2.54. The van der Waals surface area contributed by atoms with Crippen molar-refractivity contribution in [3.8, 4) is 5.75 Å². The van der Waals surface area contributed by atoms with E-state index in [1.165, 1.54) is 0 Å². The minimum absolute atomic E-state index is 0.00664. The Morgan fingerprint density at radius 1 is 1.27 bits per heavy atom. The summed E-state index contributed by atoms with van der Waals surface area (Å²) >= 11 is 0. The van der Waals surface area contributed by atoms with Gasteiger partial charge in [-0.25, -0.2) is 0 Å². The summed E-state index contributed by atoms with van der Waals surface area (Å²) in [5, 5.41) is 15.0. The van der Waals surface area contributed by atoms with Crippen LogP contribution in [0.2, 0.25) is 0 Å². The average Bonchev–Trinajstić information content (AvgIpc) is 2.42. The van der Waals surface area contributed by atoms with Crippen LogP contribution in [0.3, 0.4) is 0 Å². The van der Waals surface area contributed by atoms with E-state index in [1.54, 1.807) is 12.1 Å². The molecule has 0 aliphatic rings.